The molecule has 0 aromatic heterocycles. The standard InChI is InChI=1S/C13H11FO2/c14-12-6-1-2-7-13(12)16-11-5-3-4-10(8-11)9-15/h1-8,15H,9H2. The average molecular weight is 218 g/mol. The Bertz CT molecular complexity index is 483. The lowest BCUT2D eigenvalue weighted by atomic mass is 10.2. The summed E-state index contributed by atoms with van der Waals surface area (Å²) in [6, 6.07) is 13.1. The highest BCUT2D eigenvalue weighted by molar-refractivity contribution is 5.34. The zero-order valence-corrected chi connectivity index (χ0v) is 8.56. The molecule has 0 spiro atoms. The van der Waals surface area contributed by atoms with Gasteiger partial charge in [0.1, 0.15) is 5.75 Å². The van der Waals surface area contributed by atoms with Gasteiger partial charge in [0.05, 0.1) is 6.61 Å². The highest BCUT2D eigenvalue weighted by Gasteiger charge is 2.03. The van der Waals surface area contributed by atoms with E-state index in [2.05, 4.69) is 0 Å². The van der Waals surface area contributed by atoms with Crippen LogP contribution in [0.3, 0.4) is 0 Å². The number of rotatable bonds is 3. The van der Waals surface area contributed by atoms with Gasteiger partial charge in [0.15, 0.2) is 11.6 Å². The van der Waals surface area contributed by atoms with Crippen molar-refractivity contribution >= 4 is 0 Å². The summed E-state index contributed by atoms with van der Waals surface area (Å²) in [6.07, 6.45) is 0. The number of ether oxygens (including phenoxy) is 1. The Morgan fingerprint density at radius 3 is 2.62 bits per heavy atom. The van der Waals surface area contributed by atoms with E-state index in [-0.39, 0.29) is 12.4 Å². The first kappa shape index (κ1) is 10.6. The molecule has 0 heterocycles. The fourth-order valence-corrected chi connectivity index (χ4v) is 1.36. The van der Waals surface area contributed by atoms with E-state index in [4.69, 9.17) is 9.84 Å². The third-order valence-electron chi connectivity index (χ3n) is 2.15. The van der Waals surface area contributed by atoms with Crippen molar-refractivity contribution in [2.75, 3.05) is 0 Å². The first-order valence-electron chi connectivity index (χ1n) is 4.92. The second kappa shape index (κ2) is 4.77. The molecule has 0 unspecified atom stereocenters. The maximum atomic E-state index is 13.3. The second-order valence-electron chi connectivity index (χ2n) is 3.34. The molecule has 0 saturated heterocycles. The zero-order valence-electron chi connectivity index (χ0n) is 8.56. The van der Waals surface area contributed by atoms with E-state index in [1.54, 1.807) is 42.5 Å². The van der Waals surface area contributed by atoms with Crippen LogP contribution in [0, 0.1) is 5.82 Å². The van der Waals surface area contributed by atoms with Gasteiger partial charge in [0.2, 0.25) is 0 Å². The summed E-state index contributed by atoms with van der Waals surface area (Å²) in [6.45, 7) is -0.0610. The molecule has 0 bridgehead atoms. The Balaban J connectivity index is 2.24. The van der Waals surface area contributed by atoms with E-state index >= 15 is 0 Å². The number of benzene rings is 2. The highest BCUT2D eigenvalue weighted by atomic mass is 19.1. The third kappa shape index (κ3) is 2.38. The monoisotopic (exact) mass is 218 g/mol. The normalized spacial score (nSPS) is 10.1. The van der Waals surface area contributed by atoms with Gasteiger partial charge in [-0.15, -0.1) is 0 Å². The lowest BCUT2D eigenvalue weighted by Gasteiger charge is -2.07. The summed E-state index contributed by atoms with van der Waals surface area (Å²) in [4.78, 5) is 0. The summed E-state index contributed by atoms with van der Waals surface area (Å²) in [5, 5.41) is 8.95. The van der Waals surface area contributed by atoms with Crippen LogP contribution in [0.4, 0.5) is 4.39 Å². The van der Waals surface area contributed by atoms with E-state index in [0.717, 1.165) is 5.56 Å². The quantitative estimate of drug-likeness (QED) is 0.857. The number of hydrogen-bond donors (Lipinski definition) is 1. The molecule has 0 radical (unpaired) electrons. The highest BCUT2D eigenvalue weighted by Crippen LogP contribution is 2.24. The maximum absolute atomic E-state index is 13.3. The fourth-order valence-electron chi connectivity index (χ4n) is 1.36. The predicted octanol–water partition coefficient (Wildman–Crippen LogP) is 3.11. The SMILES string of the molecule is OCc1cccc(Oc2ccccc2F)c1. The van der Waals surface area contributed by atoms with Gasteiger partial charge >= 0.3 is 0 Å². The van der Waals surface area contributed by atoms with E-state index in [0.29, 0.717) is 5.75 Å². The van der Waals surface area contributed by atoms with Crippen LogP contribution in [-0.2, 0) is 6.61 Å². The summed E-state index contributed by atoms with van der Waals surface area (Å²) in [5.41, 5.74) is 0.730. The van der Waals surface area contributed by atoms with Crippen molar-refractivity contribution in [3.05, 3.63) is 59.9 Å². The molecule has 2 nitrogen and oxygen atoms in total. The molecule has 0 aliphatic rings. The van der Waals surface area contributed by atoms with Gasteiger partial charge in [0.25, 0.3) is 0 Å². The summed E-state index contributed by atoms with van der Waals surface area (Å²) < 4.78 is 18.6. The van der Waals surface area contributed by atoms with Gasteiger partial charge < -0.3 is 9.84 Å². The van der Waals surface area contributed by atoms with E-state index < -0.39 is 5.82 Å². The van der Waals surface area contributed by atoms with Crippen molar-refractivity contribution in [2.45, 2.75) is 6.61 Å². The lowest BCUT2D eigenvalue weighted by Crippen LogP contribution is -1.89. The van der Waals surface area contributed by atoms with Crippen molar-refractivity contribution in [2.24, 2.45) is 0 Å². The third-order valence-corrected chi connectivity index (χ3v) is 2.15. The second-order valence-corrected chi connectivity index (χ2v) is 3.34. The lowest BCUT2D eigenvalue weighted by molar-refractivity contribution is 0.281. The largest absolute Gasteiger partial charge is 0.454 e. The van der Waals surface area contributed by atoms with Gasteiger partial charge in [-0.1, -0.05) is 24.3 Å². The van der Waals surface area contributed by atoms with Crippen LogP contribution < -0.4 is 4.74 Å². The zero-order chi connectivity index (χ0) is 11.4. The maximum Gasteiger partial charge on any atom is 0.165 e. The molecule has 82 valence electrons. The van der Waals surface area contributed by atoms with Crippen molar-refractivity contribution < 1.29 is 14.2 Å². The molecular weight excluding hydrogens is 207 g/mol. The number of halogens is 1. The molecule has 1 N–H and O–H groups in total. The number of aliphatic hydroxyl groups excluding tert-OH is 1. The van der Waals surface area contributed by atoms with Gasteiger partial charge in [-0.25, -0.2) is 4.39 Å². The van der Waals surface area contributed by atoms with E-state index in [1.807, 2.05) is 0 Å². The Kier molecular flexibility index (Phi) is 3.17. The molecule has 0 amide bonds. The van der Waals surface area contributed by atoms with Crippen LogP contribution in [-0.4, -0.2) is 5.11 Å². The topological polar surface area (TPSA) is 29.5 Å². The molecule has 3 heteroatoms. The van der Waals surface area contributed by atoms with Crippen LogP contribution in [0.25, 0.3) is 0 Å². The number of hydrogen-bond acceptors (Lipinski definition) is 2. The summed E-state index contributed by atoms with van der Waals surface area (Å²) in [7, 11) is 0. The van der Waals surface area contributed by atoms with Gasteiger partial charge in [-0.2, -0.15) is 0 Å². The van der Waals surface area contributed by atoms with Crippen LogP contribution in [0.1, 0.15) is 5.56 Å². The molecule has 0 atom stereocenters. The van der Waals surface area contributed by atoms with Gasteiger partial charge in [-0.05, 0) is 29.8 Å². The Labute approximate surface area is 92.9 Å². The van der Waals surface area contributed by atoms with E-state index in [9.17, 15) is 4.39 Å². The average Bonchev–Trinajstić information content (AvgIpc) is 2.32. The Morgan fingerprint density at radius 2 is 1.88 bits per heavy atom. The molecule has 2 aromatic carbocycles. The van der Waals surface area contributed by atoms with Crippen molar-refractivity contribution in [3.8, 4) is 11.5 Å². The van der Waals surface area contributed by atoms with Crippen molar-refractivity contribution in [3.63, 3.8) is 0 Å². The minimum absolute atomic E-state index is 0.0610. The van der Waals surface area contributed by atoms with E-state index in [1.165, 1.54) is 6.07 Å². The molecule has 2 rings (SSSR count). The molecule has 0 aliphatic carbocycles. The van der Waals surface area contributed by atoms with Gasteiger partial charge in [-0.3, -0.25) is 0 Å². The van der Waals surface area contributed by atoms with Crippen LogP contribution >= 0.6 is 0 Å². The minimum atomic E-state index is -0.406. The molecule has 0 saturated carbocycles. The molecule has 16 heavy (non-hydrogen) atoms. The summed E-state index contributed by atoms with van der Waals surface area (Å²) >= 11 is 0. The fraction of sp³-hybridized carbons (Fsp3) is 0.0769. The summed E-state index contributed by atoms with van der Waals surface area (Å²) in [5.74, 6) is 0.283. The minimum Gasteiger partial charge on any atom is -0.454 e. The van der Waals surface area contributed by atoms with Crippen LogP contribution in [0.2, 0.25) is 0 Å². The first-order valence-corrected chi connectivity index (χ1v) is 4.92. The smallest absolute Gasteiger partial charge is 0.165 e. The Hall–Kier alpha value is -1.87. The van der Waals surface area contributed by atoms with Crippen molar-refractivity contribution in [1.29, 1.82) is 0 Å². The molecule has 2 aromatic rings. The van der Waals surface area contributed by atoms with Crippen molar-refractivity contribution in [1.82, 2.24) is 0 Å². The molecule has 0 aliphatic heterocycles. The number of aliphatic hydroxyl groups is 1. The van der Waals surface area contributed by atoms with Crippen LogP contribution in [0.5, 0.6) is 11.5 Å². The Morgan fingerprint density at radius 1 is 1.06 bits per heavy atom. The number of para-hydroxylation sites is 1. The molecule has 0 fully saturated rings. The van der Waals surface area contributed by atoms with Gasteiger partial charge in [0, 0.05) is 0 Å². The first-order chi connectivity index (χ1) is 7.79. The molecular formula is C13H11FO2. The predicted molar refractivity (Wildman–Crippen MR) is 58.8 cm³/mol. The van der Waals surface area contributed by atoms with Crippen LogP contribution in [0.15, 0.2) is 48.5 Å².